The molecule has 0 saturated carbocycles. The van der Waals surface area contributed by atoms with Gasteiger partial charge in [-0.2, -0.15) is 0 Å². The maximum atomic E-state index is 11.7. The Morgan fingerprint density at radius 1 is 1.35 bits per heavy atom. The van der Waals surface area contributed by atoms with Crippen LogP contribution >= 0.6 is 0 Å². The van der Waals surface area contributed by atoms with E-state index in [2.05, 4.69) is 0 Å². The van der Waals surface area contributed by atoms with Crippen LogP contribution in [0.2, 0.25) is 0 Å². The average molecular weight is 256 g/mol. The monoisotopic (exact) mass is 256 g/mol. The van der Waals surface area contributed by atoms with Crippen molar-refractivity contribution in [1.82, 2.24) is 0 Å². The molecule has 0 amide bonds. The van der Waals surface area contributed by atoms with Crippen LogP contribution in [0, 0.1) is 0 Å². The minimum atomic E-state index is -3.20. The first-order valence-electron chi connectivity index (χ1n) is 5.60. The summed E-state index contributed by atoms with van der Waals surface area (Å²) in [6.07, 6.45) is 2.06. The van der Waals surface area contributed by atoms with Gasteiger partial charge in [0.15, 0.2) is 9.84 Å². The minimum Gasteiger partial charge on any atom is -0.371 e. The fourth-order valence-electron chi connectivity index (χ4n) is 1.73. The van der Waals surface area contributed by atoms with Crippen LogP contribution in [-0.2, 0) is 9.84 Å². The summed E-state index contributed by atoms with van der Waals surface area (Å²) >= 11 is 0. The zero-order valence-electron chi connectivity index (χ0n) is 10.6. The van der Waals surface area contributed by atoms with Crippen LogP contribution in [0.15, 0.2) is 29.2 Å². The second kappa shape index (κ2) is 5.51. The van der Waals surface area contributed by atoms with Gasteiger partial charge in [0.2, 0.25) is 0 Å². The Bertz CT molecular complexity index is 471. The molecule has 0 fully saturated rings. The van der Waals surface area contributed by atoms with Crippen molar-refractivity contribution in [3.05, 3.63) is 24.3 Å². The number of nitrogens with zero attached hydrogens (tertiary/aromatic N) is 1. The lowest BCUT2D eigenvalue weighted by Crippen LogP contribution is -2.31. The van der Waals surface area contributed by atoms with E-state index < -0.39 is 9.84 Å². The Morgan fingerprint density at radius 2 is 1.94 bits per heavy atom. The summed E-state index contributed by atoms with van der Waals surface area (Å²) in [5.74, 6) is 0. The summed E-state index contributed by atoms with van der Waals surface area (Å²) < 4.78 is 23.4. The molecule has 2 N–H and O–H groups in total. The van der Waals surface area contributed by atoms with Crippen LogP contribution in [0.4, 0.5) is 5.69 Å². The van der Waals surface area contributed by atoms with E-state index in [1.165, 1.54) is 6.26 Å². The largest absolute Gasteiger partial charge is 0.371 e. The van der Waals surface area contributed by atoms with Crippen molar-refractivity contribution in [2.45, 2.75) is 24.3 Å². The number of hydrogen-bond donors (Lipinski definition) is 1. The van der Waals surface area contributed by atoms with Gasteiger partial charge >= 0.3 is 0 Å². The molecule has 0 aromatic heterocycles. The number of rotatable bonds is 5. The molecule has 0 aliphatic heterocycles. The number of nitrogens with two attached hydrogens (primary N) is 1. The van der Waals surface area contributed by atoms with Gasteiger partial charge in [0, 0.05) is 19.3 Å². The summed E-state index contributed by atoms with van der Waals surface area (Å²) in [5, 5.41) is 0. The first-order valence-corrected chi connectivity index (χ1v) is 7.49. The Labute approximate surface area is 103 Å². The molecule has 0 bridgehead atoms. The standard InChI is InChI=1S/C12H20N2O2S/c1-10(8-9-13)14(2)11-6-4-5-7-12(11)17(3,15)16/h4-7,10H,8-9,13H2,1-3H3. The normalized spacial score (nSPS) is 13.4. The van der Waals surface area contributed by atoms with E-state index in [1.807, 2.05) is 31.0 Å². The van der Waals surface area contributed by atoms with Gasteiger partial charge in [-0.05, 0) is 32.0 Å². The van der Waals surface area contributed by atoms with Gasteiger partial charge in [-0.25, -0.2) is 8.42 Å². The molecule has 0 spiro atoms. The third-order valence-corrected chi connectivity index (χ3v) is 4.03. The third-order valence-electron chi connectivity index (χ3n) is 2.89. The number of benzene rings is 1. The lowest BCUT2D eigenvalue weighted by Gasteiger charge is -2.28. The van der Waals surface area contributed by atoms with E-state index in [0.29, 0.717) is 11.4 Å². The predicted octanol–water partition coefficient (Wildman–Crippen LogP) is 1.26. The Morgan fingerprint density at radius 3 is 2.47 bits per heavy atom. The number of sulfone groups is 1. The molecular weight excluding hydrogens is 236 g/mol. The molecular formula is C12H20N2O2S. The highest BCUT2D eigenvalue weighted by molar-refractivity contribution is 7.90. The third kappa shape index (κ3) is 3.44. The second-order valence-electron chi connectivity index (χ2n) is 4.28. The number of para-hydroxylation sites is 1. The van der Waals surface area contributed by atoms with E-state index in [-0.39, 0.29) is 6.04 Å². The zero-order valence-corrected chi connectivity index (χ0v) is 11.4. The average Bonchev–Trinajstić information content (AvgIpc) is 2.27. The zero-order chi connectivity index (χ0) is 13.1. The highest BCUT2D eigenvalue weighted by Gasteiger charge is 2.18. The van der Waals surface area contributed by atoms with Gasteiger partial charge in [0.1, 0.15) is 0 Å². The second-order valence-corrected chi connectivity index (χ2v) is 6.26. The fourth-order valence-corrected chi connectivity index (χ4v) is 2.65. The van der Waals surface area contributed by atoms with Crippen molar-refractivity contribution in [3.63, 3.8) is 0 Å². The molecule has 96 valence electrons. The lowest BCUT2D eigenvalue weighted by atomic mass is 10.2. The molecule has 5 heteroatoms. The quantitative estimate of drug-likeness (QED) is 0.861. The van der Waals surface area contributed by atoms with Crippen LogP contribution < -0.4 is 10.6 Å². The van der Waals surface area contributed by atoms with Crippen LogP contribution in [0.25, 0.3) is 0 Å². The Hall–Kier alpha value is -1.07. The van der Waals surface area contributed by atoms with Crippen LogP contribution in [0.1, 0.15) is 13.3 Å². The summed E-state index contributed by atoms with van der Waals surface area (Å²) in [4.78, 5) is 2.33. The SMILES string of the molecule is CC(CCN)N(C)c1ccccc1S(C)(=O)=O. The van der Waals surface area contributed by atoms with Crippen molar-refractivity contribution in [2.75, 3.05) is 24.7 Å². The number of hydrogen-bond acceptors (Lipinski definition) is 4. The number of anilines is 1. The highest BCUT2D eigenvalue weighted by atomic mass is 32.2. The summed E-state index contributed by atoms with van der Waals surface area (Å²) in [6.45, 7) is 2.62. The Balaban J connectivity index is 3.14. The minimum absolute atomic E-state index is 0.211. The molecule has 1 atom stereocenters. The lowest BCUT2D eigenvalue weighted by molar-refractivity contribution is 0.598. The van der Waals surface area contributed by atoms with Gasteiger partial charge in [-0.1, -0.05) is 12.1 Å². The van der Waals surface area contributed by atoms with Crippen molar-refractivity contribution in [2.24, 2.45) is 5.73 Å². The highest BCUT2D eigenvalue weighted by Crippen LogP contribution is 2.25. The topological polar surface area (TPSA) is 63.4 Å². The predicted molar refractivity (Wildman–Crippen MR) is 71.1 cm³/mol. The molecule has 0 saturated heterocycles. The van der Waals surface area contributed by atoms with Crippen molar-refractivity contribution in [1.29, 1.82) is 0 Å². The van der Waals surface area contributed by atoms with Crippen molar-refractivity contribution < 1.29 is 8.42 Å². The molecule has 0 radical (unpaired) electrons. The summed E-state index contributed by atoms with van der Waals surface area (Å²) in [6, 6.07) is 7.25. The molecule has 17 heavy (non-hydrogen) atoms. The van der Waals surface area contributed by atoms with Crippen LogP contribution in [0.3, 0.4) is 0 Å². The molecule has 1 aromatic carbocycles. The van der Waals surface area contributed by atoms with Gasteiger partial charge < -0.3 is 10.6 Å². The van der Waals surface area contributed by atoms with Gasteiger partial charge in [-0.15, -0.1) is 0 Å². The van der Waals surface area contributed by atoms with Gasteiger partial charge in [0.25, 0.3) is 0 Å². The maximum absolute atomic E-state index is 11.7. The molecule has 1 unspecified atom stereocenters. The van der Waals surface area contributed by atoms with Crippen LogP contribution in [0.5, 0.6) is 0 Å². The molecule has 0 aliphatic rings. The molecule has 1 rings (SSSR count). The van der Waals surface area contributed by atoms with Crippen LogP contribution in [-0.4, -0.2) is 34.3 Å². The molecule has 4 nitrogen and oxygen atoms in total. The molecule has 0 heterocycles. The van der Waals surface area contributed by atoms with Crippen molar-refractivity contribution >= 4 is 15.5 Å². The first-order chi connectivity index (χ1) is 7.88. The van der Waals surface area contributed by atoms with Crippen molar-refractivity contribution in [3.8, 4) is 0 Å². The molecule has 0 aliphatic carbocycles. The maximum Gasteiger partial charge on any atom is 0.177 e. The fraction of sp³-hybridized carbons (Fsp3) is 0.500. The summed E-state index contributed by atoms with van der Waals surface area (Å²) in [5.41, 5.74) is 6.26. The van der Waals surface area contributed by atoms with E-state index >= 15 is 0 Å². The smallest absolute Gasteiger partial charge is 0.177 e. The van der Waals surface area contributed by atoms with E-state index in [4.69, 9.17) is 5.73 Å². The first kappa shape index (κ1) is 14.0. The van der Waals surface area contributed by atoms with E-state index in [1.54, 1.807) is 12.1 Å². The molecule has 1 aromatic rings. The van der Waals surface area contributed by atoms with Gasteiger partial charge in [-0.3, -0.25) is 0 Å². The van der Waals surface area contributed by atoms with E-state index in [9.17, 15) is 8.42 Å². The summed E-state index contributed by atoms with van der Waals surface area (Å²) in [7, 11) is -1.31. The van der Waals surface area contributed by atoms with Gasteiger partial charge in [0.05, 0.1) is 10.6 Å². The Kier molecular flexibility index (Phi) is 4.54. The van der Waals surface area contributed by atoms with E-state index in [0.717, 1.165) is 12.1 Å².